The maximum Gasteiger partial charge on any atom is 0.206 e. The summed E-state index contributed by atoms with van der Waals surface area (Å²) >= 11 is 12.2. The van der Waals surface area contributed by atoms with E-state index in [0.29, 0.717) is 22.6 Å². The summed E-state index contributed by atoms with van der Waals surface area (Å²) < 4.78 is 16.4. The predicted molar refractivity (Wildman–Crippen MR) is 104 cm³/mol. The highest BCUT2D eigenvalue weighted by Gasteiger charge is 2.46. The number of ether oxygens (including phenoxy) is 3. The third kappa shape index (κ3) is 3.09. The lowest BCUT2D eigenvalue weighted by Gasteiger charge is -2.26. The fourth-order valence-electron chi connectivity index (χ4n) is 3.28. The van der Waals surface area contributed by atoms with Crippen LogP contribution >= 0.6 is 23.2 Å². The second kappa shape index (κ2) is 7.36. The van der Waals surface area contributed by atoms with Crippen molar-refractivity contribution in [2.75, 3.05) is 14.2 Å². The van der Waals surface area contributed by atoms with Crippen LogP contribution < -0.4 is 14.2 Å². The first kappa shape index (κ1) is 20.6. The van der Waals surface area contributed by atoms with Gasteiger partial charge in [0.05, 0.1) is 14.2 Å². The molecule has 1 N–H and O–H groups in total. The number of hydrogen-bond donors (Lipinski definition) is 1. The Balaban J connectivity index is 2.13. The van der Waals surface area contributed by atoms with Gasteiger partial charge in [-0.2, -0.15) is 10.5 Å². The van der Waals surface area contributed by atoms with Gasteiger partial charge in [-0.05, 0) is 24.6 Å². The molecule has 1 aliphatic carbocycles. The van der Waals surface area contributed by atoms with Crippen molar-refractivity contribution in [3.05, 3.63) is 44.4 Å². The number of nitrogens with zero attached hydrogens (tertiary/aromatic N) is 2. The Morgan fingerprint density at radius 3 is 2.21 bits per heavy atom. The summed E-state index contributed by atoms with van der Waals surface area (Å²) in [6.07, 6.45) is 0.156. The van der Waals surface area contributed by atoms with Crippen molar-refractivity contribution in [3.63, 3.8) is 0 Å². The first-order chi connectivity index (χ1) is 13.7. The number of carbonyl (C=O) groups excluding carboxylic acids is 1. The van der Waals surface area contributed by atoms with Crippen molar-refractivity contribution in [1.29, 1.82) is 10.5 Å². The van der Waals surface area contributed by atoms with Crippen LogP contribution in [0, 0.1) is 22.7 Å². The van der Waals surface area contributed by atoms with E-state index in [-0.39, 0.29) is 39.1 Å². The van der Waals surface area contributed by atoms with Gasteiger partial charge in [-0.15, -0.1) is 0 Å². The molecule has 148 valence electrons. The van der Waals surface area contributed by atoms with Crippen molar-refractivity contribution in [3.8, 4) is 35.1 Å². The molecule has 0 bridgehead atoms. The highest BCUT2D eigenvalue weighted by molar-refractivity contribution is 6.44. The van der Waals surface area contributed by atoms with Gasteiger partial charge in [-0.25, -0.2) is 0 Å². The molecule has 3 rings (SSSR count). The van der Waals surface area contributed by atoms with Gasteiger partial charge in [0.2, 0.25) is 5.78 Å². The summed E-state index contributed by atoms with van der Waals surface area (Å²) in [5.41, 5.74) is -1.08. The summed E-state index contributed by atoms with van der Waals surface area (Å²) in [5, 5.41) is 28.2. The number of halogens is 2. The molecule has 0 saturated carbocycles. The number of Topliss-reactive ketones (excluding diaryl/α,β-unsaturated/α-hetero) is 1. The molecule has 0 amide bonds. The Labute approximate surface area is 176 Å². The number of hydrogen-bond acceptors (Lipinski definition) is 7. The molecule has 0 heterocycles. The predicted octanol–water partition coefficient (Wildman–Crippen LogP) is 4.04. The molecule has 2 aromatic carbocycles. The van der Waals surface area contributed by atoms with Crippen molar-refractivity contribution in [2.24, 2.45) is 0 Å². The maximum absolute atomic E-state index is 13.1. The first-order valence-electron chi connectivity index (χ1n) is 8.25. The summed E-state index contributed by atoms with van der Waals surface area (Å²) in [5.74, 6) is -0.381. The number of rotatable bonds is 4. The van der Waals surface area contributed by atoms with Crippen LogP contribution in [0.25, 0.3) is 0 Å². The number of carbonyl (C=O) groups is 1. The number of nitriles is 2. The molecule has 1 unspecified atom stereocenters. The summed E-state index contributed by atoms with van der Waals surface area (Å²) in [6, 6.07) is 6.73. The topological polar surface area (TPSA) is 113 Å². The van der Waals surface area contributed by atoms with Gasteiger partial charge in [-0.1, -0.05) is 23.2 Å². The Kier molecular flexibility index (Phi) is 5.23. The van der Waals surface area contributed by atoms with Gasteiger partial charge in [0.25, 0.3) is 0 Å². The summed E-state index contributed by atoms with van der Waals surface area (Å²) in [7, 11) is 2.94. The molecule has 7 nitrogen and oxygen atoms in total. The van der Waals surface area contributed by atoms with E-state index in [1.165, 1.54) is 14.2 Å². The SMILES string of the molecule is COc1cc2c(cc1OC)C(=O)C(C)(Oc1c(Cl)c(Cl)c(O)c(C#N)c1C#N)C2. The van der Waals surface area contributed by atoms with Crippen molar-refractivity contribution in [2.45, 2.75) is 18.9 Å². The molecule has 0 aliphatic heterocycles. The molecular weight excluding hydrogens is 419 g/mol. The van der Waals surface area contributed by atoms with Crippen molar-refractivity contribution in [1.82, 2.24) is 0 Å². The van der Waals surface area contributed by atoms with E-state index in [4.69, 9.17) is 37.4 Å². The van der Waals surface area contributed by atoms with Crippen LogP contribution in [0.4, 0.5) is 0 Å². The summed E-state index contributed by atoms with van der Waals surface area (Å²) in [6.45, 7) is 1.54. The van der Waals surface area contributed by atoms with Crippen LogP contribution in [0.2, 0.25) is 10.0 Å². The Hall–Kier alpha value is -3.13. The average molecular weight is 433 g/mol. The van der Waals surface area contributed by atoms with Gasteiger partial charge in [0, 0.05) is 12.0 Å². The molecular formula is C20H14Cl2N2O5. The molecule has 1 aliphatic rings. The minimum absolute atomic E-state index is 0.156. The fraction of sp³-hybridized carbons (Fsp3) is 0.250. The maximum atomic E-state index is 13.1. The zero-order valence-electron chi connectivity index (χ0n) is 15.6. The van der Waals surface area contributed by atoms with Crippen LogP contribution in [0.15, 0.2) is 12.1 Å². The van der Waals surface area contributed by atoms with Crippen molar-refractivity contribution < 1.29 is 24.1 Å². The smallest absolute Gasteiger partial charge is 0.206 e. The van der Waals surface area contributed by atoms with Crippen LogP contribution in [-0.4, -0.2) is 30.7 Å². The standard InChI is InChI=1S/C20H14Cl2N2O5/c1-20(6-9-4-13(27-2)14(28-3)5-10(9)19(20)26)29-18-12(8-24)11(7-23)17(25)15(21)16(18)22/h4-5,25H,6H2,1-3H3. The van der Waals surface area contributed by atoms with E-state index >= 15 is 0 Å². The highest BCUT2D eigenvalue weighted by atomic mass is 35.5. The van der Waals surface area contributed by atoms with Crippen molar-refractivity contribution >= 4 is 29.0 Å². The van der Waals surface area contributed by atoms with Gasteiger partial charge in [0.1, 0.15) is 33.3 Å². The van der Waals surface area contributed by atoms with E-state index in [2.05, 4.69) is 0 Å². The lowest BCUT2D eigenvalue weighted by Crippen LogP contribution is -2.39. The number of phenolic OH excluding ortho intramolecular Hbond substituents is 1. The van der Waals surface area contributed by atoms with Crippen LogP contribution in [0.3, 0.4) is 0 Å². The van der Waals surface area contributed by atoms with Gasteiger partial charge in [-0.3, -0.25) is 4.79 Å². The number of phenols is 1. The first-order valence-corrected chi connectivity index (χ1v) is 9.00. The zero-order valence-corrected chi connectivity index (χ0v) is 17.1. The monoisotopic (exact) mass is 432 g/mol. The number of fused-ring (bicyclic) bond motifs is 1. The number of ketones is 1. The Bertz CT molecular complexity index is 1130. The van der Waals surface area contributed by atoms with E-state index in [1.807, 2.05) is 0 Å². The molecule has 9 heteroatoms. The van der Waals surface area contributed by atoms with Gasteiger partial charge < -0.3 is 19.3 Å². The molecule has 1 atom stereocenters. The van der Waals surface area contributed by atoms with Gasteiger partial charge >= 0.3 is 0 Å². The normalized spacial score (nSPS) is 17.3. The highest BCUT2D eigenvalue weighted by Crippen LogP contribution is 2.47. The lowest BCUT2D eigenvalue weighted by molar-refractivity contribution is 0.0566. The van der Waals surface area contributed by atoms with Gasteiger partial charge in [0.15, 0.2) is 28.6 Å². The Morgan fingerprint density at radius 2 is 1.66 bits per heavy atom. The molecule has 0 radical (unpaired) electrons. The molecule has 0 spiro atoms. The third-order valence-corrected chi connectivity index (χ3v) is 5.55. The fourth-order valence-corrected chi connectivity index (χ4v) is 3.68. The molecule has 29 heavy (non-hydrogen) atoms. The third-order valence-electron chi connectivity index (χ3n) is 4.73. The molecule has 0 aromatic heterocycles. The minimum atomic E-state index is -1.43. The molecule has 0 saturated heterocycles. The van der Waals surface area contributed by atoms with Crippen LogP contribution in [0.5, 0.6) is 23.0 Å². The minimum Gasteiger partial charge on any atom is -0.505 e. The second-order valence-corrected chi connectivity index (χ2v) is 7.24. The van der Waals surface area contributed by atoms with Crippen LogP contribution in [-0.2, 0) is 6.42 Å². The molecule has 0 fully saturated rings. The zero-order chi connectivity index (χ0) is 21.5. The van der Waals surface area contributed by atoms with E-state index in [1.54, 1.807) is 31.2 Å². The Morgan fingerprint density at radius 1 is 1.07 bits per heavy atom. The quantitative estimate of drug-likeness (QED) is 0.775. The largest absolute Gasteiger partial charge is 0.505 e. The van der Waals surface area contributed by atoms with Crippen LogP contribution in [0.1, 0.15) is 34.0 Å². The van der Waals surface area contributed by atoms with E-state index < -0.39 is 11.4 Å². The van der Waals surface area contributed by atoms with E-state index in [9.17, 15) is 20.4 Å². The lowest BCUT2D eigenvalue weighted by atomic mass is 10.0. The second-order valence-electron chi connectivity index (χ2n) is 6.48. The van der Waals surface area contributed by atoms with E-state index in [0.717, 1.165) is 0 Å². The average Bonchev–Trinajstić information content (AvgIpc) is 2.96. The number of methoxy groups -OCH3 is 2. The molecule has 2 aromatic rings. The summed E-state index contributed by atoms with van der Waals surface area (Å²) in [4.78, 5) is 13.1. The number of benzene rings is 2. The number of aromatic hydroxyl groups is 1.